The fraction of sp³-hybridized carbons (Fsp3) is 0.239. The zero-order valence-electron chi connectivity index (χ0n) is 45.6. The number of anilines is 8. The molecule has 0 spiro atoms. The van der Waals surface area contributed by atoms with Gasteiger partial charge in [0.2, 0.25) is 0 Å². The molecule has 1 aromatic heterocycles. The van der Waals surface area contributed by atoms with E-state index in [2.05, 4.69) is 265 Å². The van der Waals surface area contributed by atoms with Crippen LogP contribution in [0.2, 0.25) is 0 Å². The molecule has 10 aromatic rings. The Kier molecular flexibility index (Phi) is 10.2. The van der Waals surface area contributed by atoms with Crippen molar-refractivity contribution in [2.45, 2.75) is 110 Å². The van der Waals surface area contributed by atoms with Crippen LogP contribution >= 0.6 is 0 Å². The standard InChI is InChI=1S/C71H66BN3O/c1-45-38-63-67-64(39-45)74(59-35-28-49(68(2,3)4)41-55(59)47-22-14-11-15-23-47)61-42-50(69(5,6)7)27-32-57(61)72(67)58-33-30-52(43-62(58)73(63)51-29-31-54-53-24-16-17-25-65(53)76-66(54)44-51)75-60-34-26-48(46-20-12-10-13-21-46)40-56(60)70(8)36-18-19-37-71(70,75)9/h10-17,20-35,38-44H,18-19,36-37H2,1-9H3. The van der Waals surface area contributed by atoms with Crippen molar-refractivity contribution in [1.82, 2.24) is 0 Å². The summed E-state index contributed by atoms with van der Waals surface area (Å²) < 4.78 is 6.74. The molecule has 0 radical (unpaired) electrons. The van der Waals surface area contributed by atoms with E-state index in [-0.39, 0.29) is 28.5 Å². The first kappa shape index (κ1) is 46.8. The van der Waals surface area contributed by atoms with Crippen LogP contribution in [0.25, 0.3) is 44.2 Å². The largest absolute Gasteiger partial charge is 0.456 e. The van der Waals surface area contributed by atoms with Crippen LogP contribution in [0.4, 0.5) is 45.5 Å². The number of para-hydroxylation sites is 1. The third-order valence-corrected chi connectivity index (χ3v) is 18.3. The van der Waals surface area contributed by atoms with E-state index in [4.69, 9.17) is 4.42 Å². The number of aryl methyl sites for hydroxylation is 1. The lowest BCUT2D eigenvalue weighted by Gasteiger charge is -2.50. The third kappa shape index (κ3) is 6.89. The Morgan fingerprint density at radius 2 is 1.07 bits per heavy atom. The normalized spacial score (nSPS) is 18.6. The summed E-state index contributed by atoms with van der Waals surface area (Å²) in [4.78, 5) is 7.96. The SMILES string of the molecule is Cc1cc2c3c(c1)N(c1ccc(C(C)(C)C)cc1-c1ccccc1)c1cc(C(C)(C)C)ccc1B3c1ccc(N3c4ccc(-c5ccccc5)cc4C4(C)CCCCC34C)cc1N2c1ccc2c(c1)oc1ccccc12. The van der Waals surface area contributed by atoms with E-state index in [0.717, 1.165) is 40.5 Å². The second-order valence-electron chi connectivity index (χ2n) is 25.0. The van der Waals surface area contributed by atoms with Crippen molar-refractivity contribution in [2.24, 2.45) is 0 Å². The molecule has 5 heteroatoms. The zero-order chi connectivity index (χ0) is 52.0. The van der Waals surface area contributed by atoms with E-state index in [1.807, 2.05) is 0 Å². The molecule has 4 heterocycles. The predicted octanol–water partition coefficient (Wildman–Crippen LogP) is 17.6. The molecule has 1 fully saturated rings. The minimum atomic E-state index is -0.133. The Morgan fingerprint density at radius 1 is 0.461 bits per heavy atom. The lowest BCUT2D eigenvalue weighted by Crippen LogP contribution is -2.61. The van der Waals surface area contributed by atoms with Gasteiger partial charge in [-0.2, -0.15) is 0 Å². The summed E-state index contributed by atoms with van der Waals surface area (Å²) in [5.74, 6) is 0. The number of rotatable bonds is 5. The van der Waals surface area contributed by atoms with Crippen molar-refractivity contribution in [3.05, 3.63) is 210 Å². The molecule has 1 aliphatic carbocycles. The first-order chi connectivity index (χ1) is 36.6. The summed E-state index contributed by atoms with van der Waals surface area (Å²) in [6, 6.07) is 71.7. The Hall–Kier alpha value is -7.76. The van der Waals surface area contributed by atoms with Gasteiger partial charge in [0.25, 0.3) is 6.71 Å². The predicted molar refractivity (Wildman–Crippen MR) is 324 cm³/mol. The molecule has 0 bridgehead atoms. The fourth-order valence-electron chi connectivity index (χ4n) is 14.1. The van der Waals surface area contributed by atoms with Crippen molar-refractivity contribution in [1.29, 1.82) is 0 Å². The molecule has 0 amide bonds. The second kappa shape index (κ2) is 16.6. The highest BCUT2D eigenvalue weighted by atomic mass is 16.3. The molecule has 4 aliphatic rings. The minimum Gasteiger partial charge on any atom is -0.456 e. The maximum absolute atomic E-state index is 6.74. The number of hydrogen-bond donors (Lipinski definition) is 0. The number of benzene rings is 9. The molecule has 1 saturated carbocycles. The van der Waals surface area contributed by atoms with Crippen molar-refractivity contribution in [3.8, 4) is 22.3 Å². The van der Waals surface area contributed by atoms with Crippen LogP contribution in [-0.2, 0) is 16.2 Å². The van der Waals surface area contributed by atoms with Gasteiger partial charge in [0.15, 0.2) is 0 Å². The Labute approximate surface area is 449 Å². The highest BCUT2D eigenvalue weighted by Crippen LogP contribution is 2.62. The van der Waals surface area contributed by atoms with Gasteiger partial charge in [-0.25, -0.2) is 0 Å². The molecule has 14 rings (SSSR count). The molecule has 9 aromatic carbocycles. The van der Waals surface area contributed by atoms with Crippen LogP contribution in [0.1, 0.15) is 103 Å². The van der Waals surface area contributed by atoms with E-state index < -0.39 is 0 Å². The van der Waals surface area contributed by atoms with Gasteiger partial charge in [0.05, 0.1) is 11.2 Å². The maximum atomic E-state index is 6.74. The first-order valence-corrected chi connectivity index (χ1v) is 27.7. The molecule has 0 saturated heterocycles. The zero-order valence-corrected chi connectivity index (χ0v) is 45.6. The number of furan rings is 1. The van der Waals surface area contributed by atoms with Crippen LogP contribution in [0.3, 0.4) is 0 Å². The molecular weight excluding hydrogens is 922 g/mol. The highest BCUT2D eigenvalue weighted by molar-refractivity contribution is 7.00. The summed E-state index contributed by atoms with van der Waals surface area (Å²) in [5, 5.41) is 2.27. The van der Waals surface area contributed by atoms with Crippen LogP contribution in [0, 0.1) is 6.92 Å². The molecular formula is C71H66BN3O. The van der Waals surface area contributed by atoms with E-state index in [1.54, 1.807) is 0 Å². The Morgan fingerprint density at radius 3 is 1.82 bits per heavy atom. The van der Waals surface area contributed by atoms with E-state index in [0.29, 0.717) is 0 Å². The lowest BCUT2D eigenvalue weighted by molar-refractivity contribution is 0.195. The van der Waals surface area contributed by atoms with Gasteiger partial charge in [0.1, 0.15) is 11.2 Å². The number of fused-ring (bicyclic) bond motifs is 10. The quantitative estimate of drug-likeness (QED) is 0.160. The smallest absolute Gasteiger partial charge is 0.252 e. The average molecular weight is 988 g/mol. The van der Waals surface area contributed by atoms with Gasteiger partial charge < -0.3 is 19.1 Å². The molecule has 4 nitrogen and oxygen atoms in total. The van der Waals surface area contributed by atoms with Crippen molar-refractivity contribution >= 4 is 90.5 Å². The van der Waals surface area contributed by atoms with Crippen LogP contribution < -0.4 is 31.1 Å². The minimum absolute atomic E-state index is 0.0336. The van der Waals surface area contributed by atoms with Crippen molar-refractivity contribution in [3.63, 3.8) is 0 Å². The summed E-state index contributed by atoms with van der Waals surface area (Å²) >= 11 is 0. The van der Waals surface area contributed by atoms with E-state index in [9.17, 15) is 0 Å². The van der Waals surface area contributed by atoms with E-state index >= 15 is 0 Å². The van der Waals surface area contributed by atoms with Crippen LogP contribution in [0.15, 0.2) is 192 Å². The monoisotopic (exact) mass is 988 g/mol. The maximum Gasteiger partial charge on any atom is 0.252 e. The number of nitrogens with zero attached hydrogens (tertiary/aromatic N) is 3. The Bertz CT molecular complexity index is 3990. The topological polar surface area (TPSA) is 22.9 Å². The average Bonchev–Trinajstić information content (AvgIpc) is 3.93. The summed E-state index contributed by atoms with van der Waals surface area (Å²) in [7, 11) is 0. The lowest BCUT2D eigenvalue weighted by atomic mass is 9.33. The molecule has 2 unspecified atom stereocenters. The summed E-state index contributed by atoms with van der Waals surface area (Å²) in [5.41, 5.74) is 25.5. The molecule has 2 atom stereocenters. The molecule has 0 N–H and O–H groups in total. The van der Waals surface area contributed by atoms with Crippen LogP contribution in [-0.4, -0.2) is 12.3 Å². The second-order valence-corrected chi connectivity index (χ2v) is 25.0. The van der Waals surface area contributed by atoms with Gasteiger partial charge in [-0.05, 0) is 166 Å². The highest BCUT2D eigenvalue weighted by Gasteiger charge is 2.58. The van der Waals surface area contributed by atoms with Gasteiger partial charge >= 0.3 is 0 Å². The first-order valence-electron chi connectivity index (χ1n) is 27.7. The van der Waals surface area contributed by atoms with Gasteiger partial charge in [-0.3, -0.25) is 0 Å². The summed E-state index contributed by atoms with van der Waals surface area (Å²) in [6.45, 7) is 21.4. The van der Waals surface area contributed by atoms with Gasteiger partial charge in [-0.1, -0.05) is 171 Å². The van der Waals surface area contributed by atoms with Crippen molar-refractivity contribution < 1.29 is 4.42 Å². The van der Waals surface area contributed by atoms with Crippen molar-refractivity contribution in [2.75, 3.05) is 14.7 Å². The molecule has 374 valence electrons. The molecule has 3 aliphatic heterocycles. The third-order valence-electron chi connectivity index (χ3n) is 18.3. The molecule has 76 heavy (non-hydrogen) atoms. The van der Waals surface area contributed by atoms with Gasteiger partial charge in [-0.15, -0.1) is 0 Å². The fourth-order valence-corrected chi connectivity index (χ4v) is 14.1. The Balaban J connectivity index is 1.04. The van der Waals surface area contributed by atoms with E-state index in [1.165, 1.54) is 114 Å². The van der Waals surface area contributed by atoms with Gasteiger partial charge in [0, 0.05) is 67.6 Å². The number of hydrogen-bond acceptors (Lipinski definition) is 4. The van der Waals surface area contributed by atoms with Crippen LogP contribution in [0.5, 0.6) is 0 Å². The summed E-state index contributed by atoms with van der Waals surface area (Å²) in [6.07, 6.45) is 4.73.